The predicted molar refractivity (Wildman–Crippen MR) is 156 cm³/mol. The highest BCUT2D eigenvalue weighted by atomic mass is 35.5. The standard InChI is InChI=1S/C27H31Cl2N7O3/c1-17(31-26(38)24-21(28)6-4-7-22(24)29)25(34-30)27(39)33-19-13-15-36(16-19)20-11-9-18(10-12-20)32-23(37)8-5-14-35(2)3/h4-12,19H,1,13-16,30H2,2-3H3,(H,31,38)(H,32,37)(H,33,39)/b8-5+,34-25+. The van der Waals surface area contributed by atoms with Crippen molar-refractivity contribution in [3.63, 3.8) is 0 Å². The topological polar surface area (TPSA) is 132 Å². The van der Waals surface area contributed by atoms with E-state index in [0.29, 0.717) is 31.7 Å². The molecule has 206 valence electrons. The lowest BCUT2D eigenvalue weighted by Crippen LogP contribution is -2.44. The maximum atomic E-state index is 12.9. The Balaban J connectivity index is 1.53. The van der Waals surface area contributed by atoms with Crippen LogP contribution in [0, 0.1) is 0 Å². The number of hydrogen-bond acceptors (Lipinski definition) is 7. The Labute approximate surface area is 237 Å². The molecule has 1 aliphatic heterocycles. The zero-order valence-corrected chi connectivity index (χ0v) is 23.2. The lowest BCUT2D eigenvalue weighted by molar-refractivity contribution is -0.115. The van der Waals surface area contributed by atoms with E-state index in [4.69, 9.17) is 29.0 Å². The van der Waals surface area contributed by atoms with Crippen LogP contribution < -0.4 is 26.7 Å². The molecule has 3 rings (SSSR count). The van der Waals surface area contributed by atoms with E-state index >= 15 is 0 Å². The van der Waals surface area contributed by atoms with Gasteiger partial charge in [-0.3, -0.25) is 14.4 Å². The summed E-state index contributed by atoms with van der Waals surface area (Å²) in [6.07, 6.45) is 3.99. The molecule has 1 aliphatic rings. The van der Waals surface area contributed by atoms with Crippen molar-refractivity contribution in [3.8, 4) is 0 Å². The van der Waals surface area contributed by atoms with Gasteiger partial charge in [-0.2, -0.15) is 5.10 Å². The molecule has 39 heavy (non-hydrogen) atoms. The molecule has 1 unspecified atom stereocenters. The maximum absolute atomic E-state index is 12.9. The van der Waals surface area contributed by atoms with E-state index < -0.39 is 11.8 Å². The molecule has 0 saturated carbocycles. The van der Waals surface area contributed by atoms with Crippen molar-refractivity contribution in [1.29, 1.82) is 0 Å². The molecule has 12 heteroatoms. The van der Waals surface area contributed by atoms with Crippen LogP contribution in [-0.2, 0) is 9.59 Å². The average Bonchev–Trinajstić information content (AvgIpc) is 3.33. The molecule has 1 fully saturated rings. The van der Waals surface area contributed by atoms with Crippen molar-refractivity contribution in [2.45, 2.75) is 12.5 Å². The Bertz CT molecular complexity index is 1270. The van der Waals surface area contributed by atoms with Gasteiger partial charge in [0.05, 0.1) is 21.3 Å². The quantitative estimate of drug-likeness (QED) is 0.150. The van der Waals surface area contributed by atoms with Crippen LogP contribution in [0.4, 0.5) is 11.4 Å². The molecule has 0 radical (unpaired) electrons. The monoisotopic (exact) mass is 571 g/mol. The van der Waals surface area contributed by atoms with Crippen molar-refractivity contribution >= 4 is 58.0 Å². The number of carbonyl (C=O) groups is 3. The Hall–Kier alpha value is -3.86. The van der Waals surface area contributed by atoms with Crippen LogP contribution in [0.5, 0.6) is 0 Å². The minimum Gasteiger partial charge on any atom is -0.369 e. The lowest BCUT2D eigenvalue weighted by atomic mass is 10.2. The van der Waals surface area contributed by atoms with E-state index in [9.17, 15) is 14.4 Å². The van der Waals surface area contributed by atoms with E-state index in [2.05, 4.69) is 32.5 Å². The molecule has 1 atom stereocenters. The normalized spacial score (nSPS) is 15.5. The summed E-state index contributed by atoms with van der Waals surface area (Å²) in [5.41, 5.74) is 1.39. The van der Waals surface area contributed by atoms with Crippen LogP contribution in [-0.4, -0.2) is 68.1 Å². The van der Waals surface area contributed by atoms with Gasteiger partial charge in [0.25, 0.3) is 11.8 Å². The van der Waals surface area contributed by atoms with E-state index in [1.165, 1.54) is 18.2 Å². The molecule has 10 nitrogen and oxygen atoms in total. The zero-order valence-electron chi connectivity index (χ0n) is 21.7. The highest BCUT2D eigenvalue weighted by molar-refractivity contribution is 6.46. The first-order chi connectivity index (χ1) is 18.6. The molecule has 2 aromatic carbocycles. The summed E-state index contributed by atoms with van der Waals surface area (Å²) in [6.45, 7) is 5.67. The van der Waals surface area contributed by atoms with Crippen molar-refractivity contribution in [2.75, 3.05) is 43.9 Å². The molecule has 0 aromatic heterocycles. The first kappa shape index (κ1) is 29.7. The van der Waals surface area contributed by atoms with Crippen LogP contribution >= 0.6 is 23.2 Å². The molecule has 3 amide bonds. The number of nitrogens with one attached hydrogen (secondary N) is 3. The number of anilines is 2. The van der Waals surface area contributed by atoms with Gasteiger partial charge in [-0.25, -0.2) is 0 Å². The Morgan fingerprint density at radius 1 is 1.15 bits per heavy atom. The second-order valence-electron chi connectivity index (χ2n) is 9.11. The largest absolute Gasteiger partial charge is 0.369 e. The summed E-state index contributed by atoms with van der Waals surface area (Å²) in [6, 6.07) is 12.0. The Morgan fingerprint density at radius 2 is 1.82 bits per heavy atom. The summed E-state index contributed by atoms with van der Waals surface area (Å²) in [4.78, 5) is 41.6. The number of hydrazone groups is 1. The van der Waals surface area contributed by atoms with Crippen molar-refractivity contribution in [3.05, 3.63) is 82.5 Å². The van der Waals surface area contributed by atoms with Gasteiger partial charge in [-0.05, 0) is 56.9 Å². The van der Waals surface area contributed by atoms with E-state index in [1.54, 1.807) is 12.1 Å². The molecule has 0 spiro atoms. The smallest absolute Gasteiger partial charge is 0.274 e. The van der Waals surface area contributed by atoms with Crippen molar-refractivity contribution in [2.24, 2.45) is 10.9 Å². The summed E-state index contributed by atoms with van der Waals surface area (Å²) in [7, 11) is 3.85. The van der Waals surface area contributed by atoms with Gasteiger partial charge in [-0.15, -0.1) is 0 Å². The minimum atomic E-state index is -0.638. The molecule has 1 heterocycles. The van der Waals surface area contributed by atoms with Crippen molar-refractivity contribution in [1.82, 2.24) is 15.5 Å². The third kappa shape index (κ3) is 8.31. The van der Waals surface area contributed by atoms with Gasteiger partial charge in [0.1, 0.15) is 0 Å². The SMILES string of the molecule is C=C(NC(=O)c1c(Cl)cccc1Cl)/C(=N\N)C(=O)NC1CCN(c2ccc(NC(=O)/C=C/CN(C)C)cc2)C1. The Kier molecular flexibility index (Phi) is 10.5. The van der Waals surface area contributed by atoms with Crippen LogP contribution in [0.2, 0.25) is 10.0 Å². The molecule has 1 saturated heterocycles. The van der Waals surface area contributed by atoms with E-state index in [1.807, 2.05) is 43.3 Å². The average molecular weight is 572 g/mol. The number of benzene rings is 2. The number of nitrogens with two attached hydrogens (primary N) is 1. The number of likely N-dealkylation sites (N-methyl/N-ethyl adjacent to an activating group) is 1. The maximum Gasteiger partial charge on any atom is 0.274 e. The summed E-state index contributed by atoms with van der Waals surface area (Å²) < 4.78 is 0. The highest BCUT2D eigenvalue weighted by Crippen LogP contribution is 2.25. The van der Waals surface area contributed by atoms with Gasteiger partial charge in [0.2, 0.25) is 5.91 Å². The van der Waals surface area contributed by atoms with Crippen LogP contribution in [0.15, 0.2) is 72.0 Å². The van der Waals surface area contributed by atoms with Gasteiger partial charge < -0.3 is 31.6 Å². The molecule has 5 N–H and O–H groups in total. The second kappa shape index (κ2) is 13.8. The zero-order chi connectivity index (χ0) is 28.5. The summed E-state index contributed by atoms with van der Waals surface area (Å²) in [5.74, 6) is 4.04. The number of carbonyl (C=O) groups excluding carboxylic acids is 3. The number of halogens is 2. The molecule has 0 bridgehead atoms. The first-order valence-electron chi connectivity index (χ1n) is 12.1. The van der Waals surface area contributed by atoms with Crippen LogP contribution in [0.1, 0.15) is 16.8 Å². The number of rotatable bonds is 10. The summed E-state index contributed by atoms with van der Waals surface area (Å²) >= 11 is 12.2. The van der Waals surface area contributed by atoms with E-state index in [-0.39, 0.29) is 39.0 Å². The first-order valence-corrected chi connectivity index (χ1v) is 12.8. The van der Waals surface area contributed by atoms with Crippen LogP contribution in [0.25, 0.3) is 0 Å². The van der Waals surface area contributed by atoms with Crippen LogP contribution in [0.3, 0.4) is 0 Å². The predicted octanol–water partition coefficient (Wildman–Crippen LogP) is 3.00. The van der Waals surface area contributed by atoms with E-state index in [0.717, 1.165) is 5.69 Å². The van der Waals surface area contributed by atoms with Gasteiger partial charge in [0, 0.05) is 43.1 Å². The number of hydrogen-bond donors (Lipinski definition) is 4. The fraction of sp³-hybridized carbons (Fsp3) is 0.259. The fourth-order valence-corrected chi connectivity index (χ4v) is 4.49. The highest BCUT2D eigenvalue weighted by Gasteiger charge is 2.27. The van der Waals surface area contributed by atoms with Gasteiger partial charge >= 0.3 is 0 Å². The van der Waals surface area contributed by atoms with Crippen molar-refractivity contribution < 1.29 is 14.4 Å². The number of amides is 3. The third-order valence-electron chi connectivity index (χ3n) is 5.85. The molecule has 0 aliphatic carbocycles. The van der Waals surface area contributed by atoms with Gasteiger partial charge in [-0.1, -0.05) is 41.9 Å². The fourth-order valence-electron chi connectivity index (χ4n) is 3.92. The second-order valence-corrected chi connectivity index (χ2v) is 9.93. The summed E-state index contributed by atoms with van der Waals surface area (Å²) in [5, 5.41) is 12.0. The third-order valence-corrected chi connectivity index (χ3v) is 6.48. The van der Waals surface area contributed by atoms with Gasteiger partial charge in [0.15, 0.2) is 5.71 Å². The molecular weight excluding hydrogens is 541 g/mol. The molecular formula is C27H31Cl2N7O3. The minimum absolute atomic E-state index is 0.0524. The Morgan fingerprint density at radius 3 is 2.44 bits per heavy atom. The lowest BCUT2D eigenvalue weighted by Gasteiger charge is -2.20. The number of nitrogens with zero attached hydrogens (tertiary/aromatic N) is 3. The molecule has 2 aromatic rings.